The van der Waals surface area contributed by atoms with E-state index < -0.39 is 18.0 Å². The van der Waals surface area contributed by atoms with Crippen molar-refractivity contribution in [1.29, 1.82) is 0 Å². The Kier molecular flexibility index (Phi) is 3.19. The molecule has 2 aromatic heterocycles. The average molecular weight is 337 g/mol. The van der Waals surface area contributed by atoms with Gasteiger partial charge in [-0.25, -0.2) is 9.37 Å². The molecule has 124 valence electrons. The Labute approximate surface area is 133 Å². The standard InChI is InChI=1S/C15H11F4N5/c16-11-3-1-2-9(6-11)12(15(17,18)19)23-5-4-10-7-20-14-21-8-22-24(14)13(10)23/h1-3,6-8,12H,4-5H2. The van der Waals surface area contributed by atoms with Gasteiger partial charge in [0.15, 0.2) is 6.04 Å². The van der Waals surface area contributed by atoms with E-state index in [9.17, 15) is 17.6 Å². The second kappa shape index (κ2) is 5.15. The van der Waals surface area contributed by atoms with Gasteiger partial charge < -0.3 is 4.90 Å². The molecule has 1 aliphatic heterocycles. The van der Waals surface area contributed by atoms with Gasteiger partial charge in [-0.1, -0.05) is 12.1 Å². The van der Waals surface area contributed by atoms with Gasteiger partial charge in [-0.3, -0.25) is 0 Å². The summed E-state index contributed by atoms with van der Waals surface area (Å²) in [5, 5.41) is 3.98. The molecule has 1 aliphatic rings. The molecule has 4 rings (SSSR count). The fourth-order valence-electron chi connectivity index (χ4n) is 3.11. The number of rotatable bonds is 2. The number of halogens is 4. The van der Waals surface area contributed by atoms with Crippen molar-refractivity contribution in [2.75, 3.05) is 11.4 Å². The molecule has 3 aromatic rings. The lowest BCUT2D eigenvalue weighted by Gasteiger charge is -2.32. The molecule has 1 atom stereocenters. The largest absolute Gasteiger partial charge is 0.413 e. The third-order valence-electron chi connectivity index (χ3n) is 4.03. The SMILES string of the molecule is Fc1cccc(C(N2CCc3cnc4ncnn4c32)C(F)(F)F)c1. The summed E-state index contributed by atoms with van der Waals surface area (Å²) in [7, 11) is 0. The van der Waals surface area contributed by atoms with Gasteiger partial charge in [-0.2, -0.15) is 27.8 Å². The molecule has 0 bridgehead atoms. The first-order valence-electron chi connectivity index (χ1n) is 7.21. The molecular weight excluding hydrogens is 326 g/mol. The lowest BCUT2D eigenvalue weighted by molar-refractivity contribution is -0.150. The normalized spacial score (nSPS) is 15.8. The molecule has 0 N–H and O–H groups in total. The first kappa shape index (κ1) is 14.9. The molecule has 5 nitrogen and oxygen atoms in total. The van der Waals surface area contributed by atoms with E-state index in [2.05, 4.69) is 15.1 Å². The summed E-state index contributed by atoms with van der Waals surface area (Å²) in [4.78, 5) is 9.18. The Bertz CT molecular complexity index is 904. The number of hydrogen-bond donors (Lipinski definition) is 0. The first-order chi connectivity index (χ1) is 11.4. The number of nitrogens with zero attached hydrogens (tertiary/aromatic N) is 5. The second-order valence-corrected chi connectivity index (χ2v) is 5.52. The van der Waals surface area contributed by atoms with Crippen LogP contribution in [0.15, 0.2) is 36.8 Å². The summed E-state index contributed by atoms with van der Waals surface area (Å²) < 4.78 is 56.1. The number of anilines is 1. The van der Waals surface area contributed by atoms with Crippen LogP contribution in [0.4, 0.5) is 23.4 Å². The van der Waals surface area contributed by atoms with Crippen LogP contribution < -0.4 is 4.90 Å². The van der Waals surface area contributed by atoms with Gasteiger partial charge >= 0.3 is 6.18 Å². The monoisotopic (exact) mass is 337 g/mol. The Balaban J connectivity index is 1.89. The maximum absolute atomic E-state index is 13.8. The van der Waals surface area contributed by atoms with Crippen molar-refractivity contribution in [1.82, 2.24) is 19.6 Å². The van der Waals surface area contributed by atoms with E-state index >= 15 is 0 Å². The predicted molar refractivity (Wildman–Crippen MR) is 77.0 cm³/mol. The van der Waals surface area contributed by atoms with E-state index in [0.717, 1.165) is 12.1 Å². The number of hydrogen-bond acceptors (Lipinski definition) is 4. The minimum Gasteiger partial charge on any atom is -0.340 e. The molecule has 24 heavy (non-hydrogen) atoms. The van der Waals surface area contributed by atoms with Crippen LogP contribution in [0.5, 0.6) is 0 Å². The Morgan fingerprint density at radius 2 is 2.00 bits per heavy atom. The molecule has 0 amide bonds. The third kappa shape index (κ3) is 2.27. The first-order valence-corrected chi connectivity index (χ1v) is 7.21. The van der Waals surface area contributed by atoms with Gasteiger partial charge in [0.2, 0.25) is 0 Å². The van der Waals surface area contributed by atoms with E-state index in [0.29, 0.717) is 17.8 Å². The van der Waals surface area contributed by atoms with Crippen LogP contribution in [0.25, 0.3) is 5.78 Å². The van der Waals surface area contributed by atoms with Gasteiger partial charge in [0.05, 0.1) is 0 Å². The van der Waals surface area contributed by atoms with E-state index in [-0.39, 0.29) is 17.9 Å². The van der Waals surface area contributed by atoms with Crippen molar-refractivity contribution >= 4 is 11.6 Å². The zero-order valence-corrected chi connectivity index (χ0v) is 12.2. The molecule has 0 aliphatic carbocycles. The highest BCUT2D eigenvalue weighted by molar-refractivity contribution is 5.57. The quantitative estimate of drug-likeness (QED) is 0.675. The lowest BCUT2D eigenvalue weighted by atomic mass is 10.0. The fraction of sp³-hybridized carbons (Fsp3) is 0.267. The molecule has 0 fully saturated rings. The van der Waals surface area contributed by atoms with Gasteiger partial charge in [0.1, 0.15) is 18.0 Å². The van der Waals surface area contributed by atoms with E-state index in [1.807, 2.05) is 0 Å². The van der Waals surface area contributed by atoms with E-state index in [1.54, 1.807) is 0 Å². The number of fused-ring (bicyclic) bond motifs is 3. The maximum atomic E-state index is 13.8. The summed E-state index contributed by atoms with van der Waals surface area (Å²) in [6, 6.07) is 2.62. The molecule has 9 heteroatoms. The molecule has 0 radical (unpaired) electrons. The minimum atomic E-state index is -4.58. The highest BCUT2D eigenvalue weighted by atomic mass is 19.4. The highest BCUT2D eigenvalue weighted by Gasteiger charge is 2.47. The Morgan fingerprint density at radius 3 is 2.75 bits per heavy atom. The Morgan fingerprint density at radius 1 is 1.17 bits per heavy atom. The molecule has 3 heterocycles. The van der Waals surface area contributed by atoms with Crippen LogP contribution >= 0.6 is 0 Å². The summed E-state index contributed by atoms with van der Waals surface area (Å²) in [6.07, 6.45) is -1.42. The van der Waals surface area contributed by atoms with Crippen LogP contribution in [0.1, 0.15) is 17.2 Å². The van der Waals surface area contributed by atoms with Gasteiger partial charge in [-0.15, -0.1) is 0 Å². The third-order valence-corrected chi connectivity index (χ3v) is 4.03. The van der Waals surface area contributed by atoms with Crippen molar-refractivity contribution in [3.8, 4) is 0 Å². The van der Waals surface area contributed by atoms with Crippen LogP contribution in [0, 0.1) is 5.82 Å². The lowest BCUT2D eigenvalue weighted by Crippen LogP contribution is -2.38. The maximum Gasteiger partial charge on any atom is 0.413 e. The fourth-order valence-corrected chi connectivity index (χ4v) is 3.11. The van der Waals surface area contributed by atoms with Crippen LogP contribution in [-0.2, 0) is 6.42 Å². The van der Waals surface area contributed by atoms with Crippen molar-refractivity contribution in [3.05, 3.63) is 53.7 Å². The number of benzene rings is 1. The van der Waals surface area contributed by atoms with Crippen molar-refractivity contribution in [3.63, 3.8) is 0 Å². The molecular formula is C15H11F4N5. The predicted octanol–water partition coefficient (Wildman–Crippen LogP) is 2.93. The van der Waals surface area contributed by atoms with Crippen LogP contribution in [0.3, 0.4) is 0 Å². The zero-order chi connectivity index (χ0) is 16.9. The summed E-state index contributed by atoms with van der Waals surface area (Å²) in [5.74, 6) is -0.188. The van der Waals surface area contributed by atoms with Crippen molar-refractivity contribution in [2.24, 2.45) is 0 Å². The van der Waals surface area contributed by atoms with E-state index in [4.69, 9.17) is 0 Å². The zero-order valence-electron chi connectivity index (χ0n) is 12.2. The molecule has 1 unspecified atom stereocenters. The molecule has 0 saturated carbocycles. The minimum absolute atomic E-state index is 0.136. The van der Waals surface area contributed by atoms with Crippen molar-refractivity contribution < 1.29 is 17.6 Å². The summed E-state index contributed by atoms with van der Waals surface area (Å²) in [5.41, 5.74) is 0.499. The van der Waals surface area contributed by atoms with Gasteiger partial charge in [0, 0.05) is 18.3 Å². The second-order valence-electron chi connectivity index (χ2n) is 5.52. The van der Waals surface area contributed by atoms with E-state index in [1.165, 1.54) is 34.1 Å². The van der Waals surface area contributed by atoms with Crippen LogP contribution in [-0.4, -0.2) is 32.3 Å². The summed E-state index contributed by atoms with van der Waals surface area (Å²) >= 11 is 0. The topological polar surface area (TPSA) is 46.3 Å². The number of alkyl halides is 3. The van der Waals surface area contributed by atoms with Gasteiger partial charge in [-0.05, 0) is 24.1 Å². The summed E-state index contributed by atoms with van der Waals surface area (Å²) in [6.45, 7) is 0.136. The van der Waals surface area contributed by atoms with Crippen LogP contribution in [0.2, 0.25) is 0 Å². The smallest absolute Gasteiger partial charge is 0.340 e. The average Bonchev–Trinajstić information content (AvgIpc) is 3.12. The number of aromatic nitrogens is 4. The molecule has 1 aromatic carbocycles. The molecule has 0 spiro atoms. The Hall–Kier alpha value is -2.71. The van der Waals surface area contributed by atoms with Crippen molar-refractivity contribution in [2.45, 2.75) is 18.6 Å². The van der Waals surface area contributed by atoms with Gasteiger partial charge in [0.25, 0.3) is 5.78 Å². The highest BCUT2D eigenvalue weighted by Crippen LogP contribution is 2.43. The molecule has 0 saturated heterocycles.